The molecule has 4 rings (SSSR count). The molecule has 0 atom stereocenters. The Kier molecular flexibility index (Phi) is 7.04. The molecule has 0 unspecified atom stereocenters. The third-order valence-corrected chi connectivity index (χ3v) is 6.89. The average Bonchev–Trinajstić information content (AvgIpc) is 3.26. The molecule has 0 radical (unpaired) electrons. The number of benzene rings is 1. The Bertz CT molecular complexity index is 1290. The van der Waals surface area contributed by atoms with E-state index < -0.39 is 11.6 Å². The fourth-order valence-electron chi connectivity index (χ4n) is 3.96. The quantitative estimate of drug-likeness (QED) is 0.544. The molecular weight excluding hydrogens is 466 g/mol. The zero-order valence-electron chi connectivity index (χ0n) is 18.6. The molecule has 1 aliphatic heterocycles. The lowest BCUT2D eigenvalue weighted by atomic mass is 10.1. The number of methoxy groups -OCH3 is 1. The standard InChI is InChI=1S/C22H26ClN5O4S/c1-3-9-27-20(30)18-19(25-21(33-18)26-10-5-4-6-11-26)28(22(27)31)13-17(29)24-15-12-14(23)7-8-16(15)32-2/h7-8,12H,3-6,9-11,13H2,1-2H3,(H,24,29). The summed E-state index contributed by atoms with van der Waals surface area (Å²) in [5.41, 5.74) is -0.256. The Hall–Kier alpha value is -2.85. The minimum atomic E-state index is -0.543. The van der Waals surface area contributed by atoms with Crippen LogP contribution >= 0.6 is 22.9 Å². The van der Waals surface area contributed by atoms with Crippen LogP contribution in [0.3, 0.4) is 0 Å². The Balaban J connectivity index is 1.74. The number of fused-ring (bicyclic) bond motifs is 1. The number of anilines is 2. The van der Waals surface area contributed by atoms with Gasteiger partial charge in [0.15, 0.2) is 10.8 Å². The van der Waals surface area contributed by atoms with E-state index in [0.717, 1.165) is 25.9 Å². The number of piperidine rings is 1. The molecule has 0 saturated carbocycles. The highest BCUT2D eigenvalue weighted by Crippen LogP contribution is 2.29. The molecule has 11 heteroatoms. The minimum Gasteiger partial charge on any atom is -0.495 e. The first kappa shape index (κ1) is 23.3. The lowest BCUT2D eigenvalue weighted by Crippen LogP contribution is -2.41. The Morgan fingerprint density at radius 2 is 1.97 bits per heavy atom. The molecule has 1 amide bonds. The van der Waals surface area contributed by atoms with Crippen LogP contribution in [0.4, 0.5) is 10.8 Å². The smallest absolute Gasteiger partial charge is 0.333 e. The van der Waals surface area contributed by atoms with Crippen LogP contribution in [0.1, 0.15) is 32.6 Å². The lowest BCUT2D eigenvalue weighted by Gasteiger charge is -2.25. The van der Waals surface area contributed by atoms with E-state index in [0.29, 0.717) is 32.7 Å². The lowest BCUT2D eigenvalue weighted by molar-refractivity contribution is -0.116. The fraction of sp³-hybridized carbons (Fsp3) is 0.455. The van der Waals surface area contributed by atoms with E-state index in [1.165, 1.54) is 34.0 Å². The number of aromatic nitrogens is 3. The van der Waals surface area contributed by atoms with Crippen molar-refractivity contribution in [3.8, 4) is 5.75 Å². The average molecular weight is 492 g/mol. The van der Waals surface area contributed by atoms with Crippen LogP contribution < -0.4 is 26.2 Å². The summed E-state index contributed by atoms with van der Waals surface area (Å²) in [6.07, 6.45) is 3.91. The van der Waals surface area contributed by atoms with Crippen LogP contribution in [-0.2, 0) is 17.9 Å². The zero-order valence-corrected chi connectivity index (χ0v) is 20.2. The predicted octanol–water partition coefficient (Wildman–Crippen LogP) is 3.32. The first-order chi connectivity index (χ1) is 15.9. The first-order valence-corrected chi connectivity index (χ1v) is 12.1. The highest BCUT2D eigenvalue weighted by molar-refractivity contribution is 7.22. The molecule has 33 heavy (non-hydrogen) atoms. The van der Waals surface area contributed by atoms with E-state index in [1.54, 1.807) is 18.2 Å². The Morgan fingerprint density at radius 3 is 2.67 bits per heavy atom. The van der Waals surface area contributed by atoms with Gasteiger partial charge in [-0.3, -0.25) is 18.7 Å². The monoisotopic (exact) mass is 491 g/mol. The maximum Gasteiger partial charge on any atom is 0.333 e. The molecule has 9 nitrogen and oxygen atoms in total. The summed E-state index contributed by atoms with van der Waals surface area (Å²) in [6.45, 7) is 3.60. The van der Waals surface area contributed by atoms with Crippen molar-refractivity contribution in [2.45, 2.75) is 45.7 Å². The van der Waals surface area contributed by atoms with Gasteiger partial charge < -0.3 is 15.0 Å². The van der Waals surface area contributed by atoms with E-state index in [2.05, 4.69) is 15.2 Å². The fourth-order valence-corrected chi connectivity index (χ4v) is 5.21. The van der Waals surface area contributed by atoms with Gasteiger partial charge in [-0.25, -0.2) is 9.78 Å². The zero-order chi connectivity index (χ0) is 23.5. The molecule has 1 fully saturated rings. The number of carbonyl (C=O) groups is 1. The van der Waals surface area contributed by atoms with Crippen LogP contribution in [0.5, 0.6) is 5.75 Å². The number of ether oxygens (including phenoxy) is 1. The summed E-state index contributed by atoms with van der Waals surface area (Å²) >= 11 is 7.34. The maximum atomic E-state index is 13.2. The second-order valence-corrected chi connectivity index (χ2v) is 9.33. The summed E-state index contributed by atoms with van der Waals surface area (Å²) in [7, 11) is 1.49. The molecule has 1 N–H and O–H groups in total. The molecule has 0 bridgehead atoms. The molecular formula is C22H26ClN5O4S. The Labute approximate surface area is 199 Å². The van der Waals surface area contributed by atoms with E-state index in [4.69, 9.17) is 16.3 Å². The van der Waals surface area contributed by atoms with Gasteiger partial charge in [0.2, 0.25) is 5.91 Å². The number of thiazole rings is 1. The number of carbonyl (C=O) groups excluding carboxylic acids is 1. The van der Waals surface area contributed by atoms with Crippen molar-refractivity contribution in [3.63, 3.8) is 0 Å². The second-order valence-electron chi connectivity index (χ2n) is 7.92. The van der Waals surface area contributed by atoms with Gasteiger partial charge in [0, 0.05) is 24.7 Å². The van der Waals surface area contributed by atoms with Gasteiger partial charge in [0.25, 0.3) is 5.56 Å². The summed E-state index contributed by atoms with van der Waals surface area (Å²) < 4.78 is 8.13. The normalized spacial score (nSPS) is 14.0. The molecule has 3 aromatic rings. The number of rotatable bonds is 7. The summed E-state index contributed by atoms with van der Waals surface area (Å²) in [5, 5.41) is 3.90. The molecule has 1 saturated heterocycles. The van der Waals surface area contributed by atoms with Crippen molar-refractivity contribution in [3.05, 3.63) is 44.1 Å². The highest BCUT2D eigenvalue weighted by atomic mass is 35.5. The topological polar surface area (TPSA) is 98.5 Å². The molecule has 176 valence electrons. The number of halogens is 1. The van der Waals surface area contributed by atoms with Crippen molar-refractivity contribution in [2.75, 3.05) is 30.4 Å². The van der Waals surface area contributed by atoms with Gasteiger partial charge in [0.05, 0.1) is 12.8 Å². The first-order valence-electron chi connectivity index (χ1n) is 11.0. The van der Waals surface area contributed by atoms with Gasteiger partial charge in [-0.2, -0.15) is 0 Å². The molecule has 1 aromatic carbocycles. The van der Waals surface area contributed by atoms with Gasteiger partial charge in [0.1, 0.15) is 17.0 Å². The second kappa shape index (κ2) is 9.96. The van der Waals surface area contributed by atoms with Gasteiger partial charge in [-0.1, -0.05) is 29.9 Å². The van der Waals surface area contributed by atoms with Crippen LogP contribution in [-0.4, -0.2) is 40.2 Å². The number of hydrogen-bond acceptors (Lipinski definition) is 7. The highest BCUT2D eigenvalue weighted by Gasteiger charge is 2.22. The largest absolute Gasteiger partial charge is 0.495 e. The van der Waals surface area contributed by atoms with Crippen LogP contribution in [0.15, 0.2) is 27.8 Å². The summed E-state index contributed by atoms with van der Waals surface area (Å²) in [5.74, 6) is -0.00423. The summed E-state index contributed by atoms with van der Waals surface area (Å²) in [4.78, 5) is 46.0. The minimum absolute atomic E-state index is 0.246. The molecule has 0 aliphatic carbocycles. The number of nitrogens with zero attached hydrogens (tertiary/aromatic N) is 4. The van der Waals surface area contributed by atoms with Crippen LogP contribution in [0, 0.1) is 0 Å². The van der Waals surface area contributed by atoms with E-state index in [1.807, 2.05) is 6.92 Å². The SMILES string of the molecule is CCCn1c(=O)c2sc(N3CCCCC3)nc2n(CC(=O)Nc2cc(Cl)ccc2OC)c1=O. The van der Waals surface area contributed by atoms with Gasteiger partial charge in [-0.15, -0.1) is 0 Å². The van der Waals surface area contributed by atoms with Crippen molar-refractivity contribution in [1.82, 2.24) is 14.1 Å². The molecule has 3 heterocycles. The number of amides is 1. The van der Waals surface area contributed by atoms with E-state index in [-0.39, 0.29) is 24.3 Å². The number of hydrogen-bond donors (Lipinski definition) is 1. The predicted molar refractivity (Wildman–Crippen MR) is 131 cm³/mol. The molecule has 0 spiro atoms. The van der Waals surface area contributed by atoms with E-state index in [9.17, 15) is 14.4 Å². The molecule has 2 aromatic heterocycles. The summed E-state index contributed by atoms with van der Waals surface area (Å²) in [6, 6.07) is 4.88. The van der Waals surface area contributed by atoms with Gasteiger partial charge >= 0.3 is 5.69 Å². The Morgan fingerprint density at radius 1 is 1.21 bits per heavy atom. The maximum absolute atomic E-state index is 13.2. The van der Waals surface area contributed by atoms with Crippen molar-refractivity contribution in [2.24, 2.45) is 0 Å². The van der Waals surface area contributed by atoms with Crippen LogP contribution in [0.2, 0.25) is 5.02 Å². The molecule has 1 aliphatic rings. The van der Waals surface area contributed by atoms with Crippen molar-refractivity contribution in [1.29, 1.82) is 0 Å². The van der Waals surface area contributed by atoms with Crippen molar-refractivity contribution >= 4 is 50.0 Å². The van der Waals surface area contributed by atoms with E-state index >= 15 is 0 Å². The van der Waals surface area contributed by atoms with Crippen LogP contribution in [0.25, 0.3) is 10.3 Å². The number of nitrogens with one attached hydrogen (secondary N) is 1. The van der Waals surface area contributed by atoms with Crippen molar-refractivity contribution < 1.29 is 9.53 Å². The third kappa shape index (κ3) is 4.77. The third-order valence-electron chi connectivity index (χ3n) is 5.57. The van der Waals surface area contributed by atoms with Gasteiger partial charge in [-0.05, 0) is 43.9 Å².